The first-order chi connectivity index (χ1) is 13.1. The fraction of sp³-hybridized carbons (Fsp3) is 0.409. The van der Waals surface area contributed by atoms with E-state index in [-0.39, 0.29) is 16.8 Å². The molecule has 1 amide bonds. The van der Waals surface area contributed by atoms with Gasteiger partial charge in [0, 0.05) is 24.7 Å². The highest BCUT2D eigenvalue weighted by atomic mass is 32.2. The minimum absolute atomic E-state index is 0.0932. The molecule has 1 unspecified atom stereocenters. The second kappa shape index (κ2) is 7.68. The maximum absolute atomic E-state index is 12.9. The quantitative estimate of drug-likeness (QED) is 0.822. The van der Waals surface area contributed by atoms with E-state index >= 15 is 0 Å². The number of sulfonamides is 1. The molecule has 3 rings (SSSR count). The summed E-state index contributed by atoms with van der Waals surface area (Å²) in [6.07, 6.45) is 1.39. The number of anilines is 1. The van der Waals surface area contributed by atoms with Crippen molar-refractivity contribution in [3.63, 3.8) is 0 Å². The molecule has 0 bridgehead atoms. The zero-order valence-electron chi connectivity index (χ0n) is 17.2. The van der Waals surface area contributed by atoms with E-state index in [4.69, 9.17) is 0 Å². The first kappa shape index (κ1) is 20.6. The topological polar surface area (TPSA) is 66.5 Å². The van der Waals surface area contributed by atoms with Crippen molar-refractivity contribution in [3.05, 3.63) is 58.1 Å². The van der Waals surface area contributed by atoms with Crippen LogP contribution in [0, 0.1) is 27.7 Å². The van der Waals surface area contributed by atoms with Gasteiger partial charge in [0.05, 0.1) is 4.90 Å². The number of rotatable bonds is 5. The van der Waals surface area contributed by atoms with Crippen molar-refractivity contribution >= 4 is 21.6 Å². The van der Waals surface area contributed by atoms with Crippen molar-refractivity contribution in [1.29, 1.82) is 0 Å². The molecule has 0 radical (unpaired) electrons. The normalized spacial score (nSPS) is 15.9. The molecule has 0 saturated carbocycles. The fourth-order valence-electron chi connectivity index (χ4n) is 3.81. The molecule has 1 saturated heterocycles. The first-order valence-electron chi connectivity index (χ1n) is 9.61. The predicted octanol–water partition coefficient (Wildman–Crippen LogP) is 4.09. The van der Waals surface area contributed by atoms with Gasteiger partial charge in [-0.15, -0.1) is 0 Å². The molecule has 1 fully saturated rings. The molecule has 0 spiro atoms. The van der Waals surface area contributed by atoms with Crippen molar-refractivity contribution in [2.24, 2.45) is 0 Å². The van der Waals surface area contributed by atoms with Gasteiger partial charge in [-0.3, -0.25) is 4.79 Å². The third-order valence-electron chi connectivity index (χ3n) is 5.52. The molecule has 1 aliphatic rings. The average Bonchev–Trinajstić information content (AvgIpc) is 3.03. The molecule has 5 nitrogen and oxygen atoms in total. The molecule has 6 heteroatoms. The molecule has 1 atom stereocenters. The molecule has 0 aliphatic carbocycles. The lowest BCUT2D eigenvalue weighted by molar-refractivity contribution is -0.117. The number of aryl methyl sites for hydroxylation is 4. The molecule has 1 aliphatic heterocycles. The monoisotopic (exact) mass is 400 g/mol. The number of amides is 1. The van der Waals surface area contributed by atoms with E-state index in [1.165, 1.54) is 5.56 Å². The molecular formula is C22H28N2O3S. The van der Waals surface area contributed by atoms with Crippen LogP contribution in [-0.4, -0.2) is 20.9 Å². The summed E-state index contributed by atoms with van der Waals surface area (Å²) in [5.41, 5.74) is 5.95. The van der Waals surface area contributed by atoms with Crippen LogP contribution in [0.4, 0.5) is 5.69 Å². The summed E-state index contributed by atoms with van der Waals surface area (Å²) in [5, 5.41) is 0. The van der Waals surface area contributed by atoms with Crippen LogP contribution in [0.1, 0.15) is 53.6 Å². The Morgan fingerprint density at radius 2 is 1.64 bits per heavy atom. The number of hydrogen-bond acceptors (Lipinski definition) is 3. The minimum Gasteiger partial charge on any atom is -0.312 e. The summed E-state index contributed by atoms with van der Waals surface area (Å²) in [7, 11) is -3.68. The first-order valence-corrected chi connectivity index (χ1v) is 11.1. The van der Waals surface area contributed by atoms with Crippen LogP contribution in [0.15, 0.2) is 35.2 Å². The highest BCUT2D eigenvalue weighted by Gasteiger charge is 2.25. The van der Waals surface area contributed by atoms with Gasteiger partial charge in [-0.1, -0.05) is 12.1 Å². The second-order valence-electron chi connectivity index (χ2n) is 7.73. The molecule has 2 aromatic carbocycles. The maximum Gasteiger partial charge on any atom is 0.241 e. The second-order valence-corrected chi connectivity index (χ2v) is 9.45. The van der Waals surface area contributed by atoms with E-state index in [1.54, 1.807) is 23.1 Å². The van der Waals surface area contributed by atoms with Crippen LogP contribution < -0.4 is 9.62 Å². The van der Waals surface area contributed by atoms with Gasteiger partial charge < -0.3 is 4.90 Å². The number of benzene rings is 2. The Hall–Kier alpha value is -2.18. The Morgan fingerprint density at radius 3 is 2.25 bits per heavy atom. The zero-order valence-corrected chi connectivity index (χ0v) is 18.0. The van der Waals surface area contributed by atoms with Gasteiger partial charge in [0.1, 0.15) is 0 Å². The van der Waals surface area contributed by atoms with Crippen molar-refractivity contribution < 1.29 is 13.2 Å². The Morgan fingerprint density at radius 1 is 0.964 bits per heavy atom. The van der Waals surface area contributed by atoms with Crippen LogP contribution in [0.2, 0.25) is 0 Å². The van der Waals surface area contributed by atoms with Crippen molar-refractivity contribution in [2.45, 2.75) is 58.4 Å². The minimum atomic E-state index is -3.68. The Bertz CT molecular complexity index is 1030. The van der Waals surface area contributed by atoms with Gasteiger partial charge in [0.2, 0.25) is 15.9 Å². The van der Waals surface area contributed by atoms with Crippen LogP contribution in [0.3, 0.4) is 0 Å². The highest BCUT2D eigenvalue weighted by molar-refractivity contribution is 7.89. The van der Waals surface area contributed by atoms with Crippen molar-refractivity contribution in [1.82, 2.24) is 4.72 Å². The van der Waals surface area contributed by atoms with Gasteiger partial charge in [-0.2, -0.15) is 0 Å². The smallest absolute Gasteiger partial charge is 0.241 e. The predicted molar refractivity (Wildman–Crippen MR) is 112 cm³/mol. The third kappa shape index (κ3) is 3.98. The SMILES string of the molecule is Cc1cc(C)c(C(C)NS(=O)(=O)c2ccc(N3CCCC3=O)c(C)c2)cc1C. The Kier molecular flexibility index (Phi) is 5.64. The maximum atomic E-state index is 12.9. The van der Waals surface area contributed by atoms with Crippen molar-refractivity contribution in [3.8, 4) is 0 Å². The largest absolute Gasteiger partial charge is 0.312 e. The van der Waals surface area contributed by atoms with E-state index in [9.17, 15) is 13.2 Å². The van der Waals surface area contributed by atoms with Gasteiger partial charge in [0.15, 0.2) is 0 Å². The summed E-state index contributed by atoms with van der Waals surface area (Å²) in [6.45, 7) is 10.5. The molecule has 150 valence electrons. The summed E-state index contributed by atoms with van der Waals surface area (Å²) in [4.78, 5) is 13.9. The summed E-state index contributed by atoms with van der Waals surface area (Å²) >= 11 is 0. The Balaban J connectivity index is 1.86. The van der Waals surface area contributed by atoms with E-state index in [0.717, 1.165) is 34.4 Å². The van der Waals surface area contributed by atoms with E-state index in [2.05, 4.69) is 17.7 Å². The van der Waals surface area contributed by atoms with E-state index in [0.29, 0.717) is 13.0 Å². The molecule has 2 aromatic rings. The van der Waals surface area contributed by atoms with Gasteiger partial charge in [-0.05, 0) is 87.1 Å². The molecular weight excluding hydrogens is 372 g/mol. The van der Waals surface area contributed by atoms with Crippen LogP contribution in [-0.2, 0) is 14.8 Å². The lowest BCUT2D eigenvalue weighted by Gasteiger charge is -2.21. The molecule has 28 heavy (non-hydrogen) atoms. The molecule has 1 heterocycles. The summed E-state index contributed by atoms with van der Waals surface area (Å²) < 4.78 is 28.7. The summed E-state index contributed by atoms with van der Waals surface area (Å²) in [5.74, 6) is 0.0932. The van der Waals surface area contributed by atoms with E-state index < -0.39 is 10.0 Å². The summed E-state index contributed by atoms with van der Waals surface area (Å²) in [6, 6.07) is 8.75. The van der Waals surface area contributed by atoms with Gasteiger partial charge in [-0.25, -0.2) is 13.1 Å². The molecule has 0 aromatic heterocycles. The lowest BCUT2D eigenvalue weighted by atomic mass is 9.97. The van der Waals surface area contributed by atoms with Gasteiger partial charge >= 0.3 is 0 Å². The third-order valence-corrected chi connectivity index (χ3v) is 7.06. The number of nitrogens with one attached hydrogen (secondary N) is 1. The number of hydrogen-bond donors (Lipinski definition) is 1. The average molecular weight is 401 g/mol. The van der Waals surface area contributed by atoms with Crippen LogP contribution in [0.5, 0.6) is 0 Å². The Labute approximate surface area is 167 Å². The van der Waals surface area contributed by atoms with E-state index in [1.807, 2.05) is 33.8 Å². The highest BCUT2D eigenvalue weighted by Crippen LogP contribution is 2.28. The van der Waals surface area contributed by atoms with Gasteiger partial charge in [0.25, 0.3) is 0 Å². The zero-order chi connectivity index (χ0) is 20.6. The van der Waals surface area contributed by atoms with Crippen molar-refractivity contribution in [2.75, 3.05) is 11.4 Å². The lowest BCUT2D eigenvalue weighted by Crippen LogP contribution is -2.28. The fourth-order valence-corrected chi connectivity index (χ4v) is 5.12. The van der Waals surface area contributed by atoms with Crippen LogP contribution >= 0.6 is 0 Å². The number of carbonyl (C=O) groups excluding carboxylic acids is 1. The van der Waals surface area contributed by atoms with Crippen LogP contribution in [0.25, 0.3) is 0 Å². The molecule has 1 N–H and O–H groups in total. The standard InChI is InChI=1S/C22H28N2O3S/c1-14-11-16(3)20(13-15(14)2)18(5)23-28(26,27)19-8-9-21(17(4)12-19)24-10-6-7-22(24)25/h8-9,11-13,18,23H,6-7,10H2,1-5H3. The number of nitrogens with zero attached hydrogens (tertiary/aromatic N) is 1. The number of carbonyl (C=O) groups is 1.